The van der Waals surface area contributed by atoms with Gasteiger partial charge in [0, 0.05) is 24.9 Å². The number of hydrogen-bond donors (Lipinski definition) is 0. The van der Waals surface area contributed by atoms with E-state index in [2.05, 4.69) is 33.6 Å². The second-order valence-electron chi connectivity index (χ2n) is 3.78. The molecule has 2 aromatic heterocycles. The van der Waals surface area contributed by atoms with Crippen molar-refractivity contribution in [2.24, 2.45) is 0 Å². The van der Waals surface area contributed by atoms with Crippen LogP contribution in [0.3, 0.4) is 0 Å². The third-order valence-electron chi connectivity index (χ3n) is 2.32. The van der Waals surface area contributed by atoms with Crippen LogP contribution in [0, 0.1) is 0 Å². The molecule has 15 heavy (non-hydrogen) atoms. The van der Waals surface area contributed by atoms with E-state index in [0.29, 0.717) is 6.04 Å². The molecule has 4 heteroatoms. The Morgan fingerprint density at radius 1 is 1.27 bits per heavy atom. The molecule has 78 valence electrons. The van der Waals surface area contributed by atoms with E-state index in [-0.39, 0.29) is 0 Å². The Bertz CT molecular complexity index is 419. The number of nitrogens with zero attached hydrogens (tertiary/aromatic N) is 4. The number of aromatic nitrogens is 4. The van der Waals surface area contributed by atoms with E-state index in [0.717, 1.165) is 12.2 Å². The molecule has 2 rings (SSSR count). The highest BCUT2D eigenvalue weighted by molar-refractivity contribution is 5.15. The van der Waals surface area contributed by atoms with Gasteiger partial charge in [-0.3, -0.25) is 4.98 Å². The van der Waals surface area contributed by atoms with Crippen molar-refractivity contribution in [3.63, 3.8) is 0 Å². The van der Waals surface area contributed by atoms with Crippen LogP contribution in [-0.2, 0) is 6.42 Å². The van der Waals surface area contributed by atoms with Crippen molar-refractivity contribution in [2.45, 2.75) is 26.3 Å². The molecule has 0 aromatic carbocycles. The molecule has 0 unspecified atom stereocenters. The molecular weight excluding hydrogens is 188 g/mol. The Hall–Kier alpha value is -1.71. The van der Waals surface area contributed by atoms with Gasteiger partial charge in [-0.05, 0) is 31.5 Å². The van der Waals surface area contributed by atoms with Crippen LogP contribution in [0.2, 0.25) is 0 Å². The molecule has 0 spiro atoms. The Morgan fingerprint density at radius 3 is 2.67 bits per heavy atom. The molecular formula is C11H14N4. The number of rotatable bonds is 3. The SMILES string of the molecule is CC(C)n1cnnc1Cc1ccncc1. The van der Waals surface area contributed by atoms with Crippen LogP contribution < -0.4 is 0 Å². The summed E-state index contributed by atoms with van der Waals surface area (Å²) in [6.07, 6.45) is 6.18. The normalized spacial score (nSPS) is 10.9. The van der Waals surface area contributed by atoms with Gasteiger partial charge >= 0.3 is 0 Å². The lowest BCUT2D eigenvalue weighted by atomic mass is 10.2. The molecule has 0 aliphatic heterocycles. The molecule has 2 heterocycles. The summed E-state index contributed by atoms with van der Waals surface area (Å²) in [6.45, 7) is 4.25. The van der Waals surface area contributed by atoms with E-state index in [9.17, 15) is 0 Å². The lowest BCUT2D eigenvalue weighted by molar-refractivity contribution is 0.574. The number of hydrogen-bond acceptors (Lipinski definition) is 3. The monoisotopic (exact) mass is 202 g/mol. The van der Waals surface area contributed by atoms with Crippen LogP contribution in [0.1, 0.15) is 31.3 Å². The fourth-order valence-electron chi connectivity index (χ4n) is 1.51. The molecule has 0 amide bonds. The van der Waals surface area contributed by atoms with E-state index in [1.54, 1.807) is 18.7 Å². The molecule has 0 fully saturated rings. The molecule has 4 nitrogen and oxygen atoms in total. The summed E-state index contributed by atoms with van der Waals surface area (Å²) in [7, 11) is 0. The first kappa shape index (κ1) is 9.83. The maximum atomic E-state index is 4.13. The van der Waals surface area contributed by atoms with Crippen LogP contribution in [0.4, 0.5) is 0 Å². The van der Waals surface area contributed by atoms with Crippen molar-refractivity contribution in [3.05, 3.63) is 42.2 Å². The highest BCUT2D eigenvalue weighted by atomic mass is 15.3. The van der Waals surface area contributed by atoms with Gasteiger partial charge in [0.1, 0.15) is 12.2 Å². The Morgan fingerprint density at radius 2 is 2.00 bits per heavy atom. The molecule has 0 radical (unpaired) electrons. The van der Waals surface area contributed by atoms with Gasteiger partial charge in [-0.25, -0.2) is 0 Å². The maximum Gasteiger partial charge on any atom is 0.137 e. The Labute approximate surface area is 89.0 Å². The van der Waals surface area contributed by atoms with E-state index in [4.69, 9.17) is 0 Å². The van der Waals surface area contributed by atoms with E-state index < -0.39 is 0 Å². The first-order valence-electron chi connectivity index (χ1n) is 5.04. The van der Waals surface area contributed by atoms with Crippen molar-refractivity contribution in [2.75, 3.05) is 0 Å². The van der Waals surface area contributed by atoms with Crippen molar-refractivity contribution < 1.29 is 0 Å². The third-order valence-corrected chi connectivity index (χ3v) is 2.32. The predicted molar refractivity (Wildman–Crippen MR) is 57.5 cm³/mol. The largest absolute Gasteiger partial charge is 0.315 e. The summed E-state index contributed by atoms with van der Waals surface area (Å²) in [5.41, 5.74) is 1.21. The third kappa shape index (κ3) is 2.21. The Balaban J connectivity index is 2.21. The molecule has 0 bridgehead atoms. The summed E-state index contributed by atoms with van der Waals surface area (Å²) in [6, 6.07) is 4.40. The van der Waals surface area contributed by atoms with Gasteiger partial charge in [0.2, 0.25) is 0 Å². The quantitative estimate of drug-likeness (QED) is 0.762. The number of pyridine rings is 1. The molecule has 0 saturated carbocycles. The van der Waals surface area contributed by atoms with Crippen molar-refractivity contribution >= 4 is 0 Å². The molecule has 0 aliphatic rings. The first-order chi connectivity index (χ1) is 7.27. The summed E-state index contributed by atoms with van der Waals surface area (Å²) in [5, 5.41) is 8.06. The summed E-state index contributed by atoms with van der Waals surface area (Å²) in [4.78, 5) is 3.99. The topological polar surface area (TPSA) is 43.6 Å². The zero-order valence-corrected chi connectivity index (χ0v) is 8.96. The fourth-order valence-corrected chi connectivity index (χ4v) is 1.51. The highest BCUT2D eigenvalue weighted by Crippen LogP contribution is 2.10. The van der Waals surface area contributed by atoms with E-state index in [1.807, 2.05) is 12.1 Å². The van der Waals surface area contributed by atoms with Gasteiger partial charge in [-0.2, -0.15) is 0 Å². The van der Waals surface area contributed by atoms with Crippen LogP contribution in [0.25, 0.3) is 0 Å². The molecule has 0 aliphatic carbocycles. The second-order valence-corrected chi connectivity index (χ2v) is 3.78. The van der Waals surface area contributed by atoms with Crippen LogP contribution in [0.5, 0.6) is 0 Å². The van der Waals surface area contributed by atoms with Crippen molar-refractivity contribution in [3.8, 4) is 0 Å². The molecule has 0 saturated heterocycles. The van der Waals surface area contributed by atoms with Crippen molar-refractivity contribution in [1.29, 1.82) is 0 Å². The van der Waals surface area contributed by atoms with Crippen LogP contribution >= 0.6 is 0 Å². The summed E-state index contributed by atoms with van der Waals surface area (Å²) >= 11 is 0. The lowest BCUT2D eigenvalue weighted by Gasteiger charge is -2.09. The minimum Gasteiger partial charge on any atom is -0.315 e. The summed E-state index contributed by atoms with van der Waals surface area (Å²) in [5.74, 6) is 0.996. The molecule has 2 aromatic rings. The smallest absolute Gasteiger partial charge is 0.137 e. The maximum absolute atomic E-state index is 4.13. The predicted octanol–water partition coefficient (Wildman–Crippen LogP) is 1.84. The van der Waals surface area contributed by atoms with Gasteiger partial charge < -0.3 is 4.57 Å². The second kappa shape index (κ2) is 4.21. The fraction of sp³-hybridized carbons (Fsp3) is 0.364. The average Bonchev–Trinajstić information content (AvgIpc) is 2.67. The van der Waals surface area contributed by atoms with E-state index >= 15 is 0 Å². The summed E-state index contributed by atoms with van der Waals surface area (Å²) < 4.78 is 2.08. The standard InChI is InChI=1S/C11H14N4/c1-9(2)15-8-13-14-11(15)7-10-3-5-12-6-4-10/h3-6,8-9H,7H2,1-2H3. The first-order valence-corrected chi connectivity index (χ1v) is 5.04. The van der Waals surface area contributed by atoms with Gasteiger partial charge in [0.05, 0.1) is 0 Å². The van der Waals surface area contributed by atoms with Crippen molar-refractivity contribution in [1.82, 2.24) is 19.7 Å². The zero-order valence-electron chi connectivity index (χ0n) is 8.96. The van der Waals surface area contributed by atoms with Gasteiger partial charge in [-0.15, -0.1) is 10.2 Å². The molecule has 0 N–H and O–H groups in total. The van der Waals surface area contributed by atoms with E-state index in [1.165, 1.54) is 5.56 Å². The highest BCUT2D eigenvalue weighted by Gasteiger charge is 2.07. The zero-order chi connectivity index (χ0) is 10.7. The van der Waals surface area contributed by atoms with Gasteiger partial charge in [0.25, 0.3) is 0 Å². The van der Waals surface area contributed by atoms with Gasteiger partial charge in [0.15, 0.2) is 0 Å². The Kier molecular flexibility index (Phi) is 2.76. The average molecular weight is 202 g/mol. The minimum absolute atomic E-state index is 0.400. The van der Waals surface area contributed by atoms with Gasteiger partial charge in [-0.1, -0.05) is 0 Å². The van der Waals surface area contributed by atoms with Crippen LogP contribution in [-0.4, -0.2) is 19.7 Å². The molecule has 0 atom stereocenters. The minimum atomic E-state index is 0.400. The lowest BCUT2D eigenvalue weighted by Crippen LogP contribution is -2.05. The van der Waals surface area contributed by atoms with Crippen LogP contribution in [0.15, 0.2) is 30.9 Å².